The van der Waals surface area contributed by atoms with Gasteiger partial charge in [-0.15, -0.1) is 0 Å². The Morgan fingerprint density at radius 1 is 1.29 bits per heavy atom. The molecule has 5 heteroatoms. The molecule has 1 aliphatic rings. The zero-order chi connectivity index (χ0) is 17.1. The highest BCUT2D eigenvalue weighted by Crippen LogP contribution is 2.21. The lowest BCUT2D eigenvalue weighted by molar-refractivity contribution is -0.137. The van der Waals surface area contributed by atoms with Gasteiger partial charge in [0.25, 0.3) is 0 Å². The van der Waals surface area contributed by atoms with E-state index in [0.29, 0.717) is 12.3 Å². The maximum atomic E-state index is 12.9. The molecule has 0 bridgehead atoms. The Balaban J connectivity index is 1.78. The summed E-state index contributed by atoms with van der Waals surface area (Å²) in [6, 6.07) is 7.52. The van der Waals surface area contributed by atoms with Crippen molar-refractivity contribution in [3.05, 3.63) is 36.0 Å². The van der Waals surface area contributed by atoms with Crippen molar-refractivity contribution in [3.63, 3.8) is 0 Å². The van der Waals surface area contributed by atoms with Gasteiger partial charge < -0.3 is 15.2 Å². The molecule has 0 spiro atoms. The number of nitrogens with zero attached hydrogens (tertiary/aromatic N) is 1. The summed E-state index contributed by atoms with van der Waals surface area (Å²) in [6.07, 6.45) is 4.51. The van der Waals surface area contributed by atoms with Crippen LogP contribution in [0, 0.1) is 5.92 Å². The van der Waals surface area contributed by atoms with Crippen LogP contribution in [-0.2, 0) is 16.0 Å². The van der Waals surface area contributed by atoms with E-state index < -0.39 is 6.04 Å². The van der Waals surface area contributed by atoms with Crippen LogP contribution in [0.3, 0.4) is 0 Å². The third-order valence-corrected chi connectivity index (χ3v) is 4.87. The van der Waals surface area contributed by atoms with Crippen LogP contribution >= 0.6 is 0 Å². The number of H-pyrrole nitrogens is 1. The third-order valence-electron chi connectivity index (χ3n) is 4.87. The van der Waals surface area contributed by atoms with Crippen molar-refractivity contribution in [1.29, 1.82) is 0 Å². The molecule has 1 aromatic heterocycles. The molecule has 5 nitrogen and oxygen atoms in total. The van der Waals surface area contributed by atoms with Gasteiger partial charge in [-0.1, -0.05) is 25.1 Å². The summed E-state index contributed by atoms with van der Waals surface area (Å²) in [6.45, 7) is 5.25. The second-order valence-electron chi connectivity index (χ2n) is 6.82. The van der Waals surface area contributed by atoms with Gasteiger partial charge in [0.1, 0.15) is 6.04 Å². The lowest BCUT2D eigenvalue weighted by Gasteiger charge is -2.33. The number of carbonyl (C=O) groups is 2. The molecule has 1 atom stereocenters. The van der Waals surface area contributed by atoms with Gasteiger partial charge >= 0.3 is 0 Å². The summed E-state index contributed by atoms with van der Waals surface area (Å²) in [5.74, 6) is 0.530. The molecule has 1 saturated heterocycles. The molecule has 2 aromatic rings. The van der Waals surface area contributed by atoms with Crippen molar-refractivity contribution in [2.24, 2.45) is 5.92 Å². The van der Waals surface area contributed by atoms with E-state index in [0.717, 1.165) is 42.4 Å². The lowest BCUT2D eigenvalue weighted by atomic mass is 9.97. The minimum atomic E-state index is -0.505. The number of amides is 2. The van der Waals surface area contributed by atoms with Crippen molar-refractivity contribution in [3.8, 4) is 0 Å². The molecule has 128 valence electrons. The monoisotopic (exact) mass is 327 g/mol. The number of hydrogen-bond donors (Lipinski definition) is 2. The summed E-state index contributed by atoms with van der Waals surface area (Å²) in [5, 5.41) is 3.95. The molecule has 1 fully saturated rings. The first-order valence-corrected chi connectivity index (χ1v) is 8.65. The van der Waals surface area contributed by atoms with Crippen LogP contribution in [0.25, 0.3) is 10.9 Å². The van der Waals surface area contributed by atoms with Gasteiger partial charge in [-0.2, -0.15) is 0 Å². The molecule has 0 saturated carbocycles. The molecule has 2 N–H and O–H groups in total. The van der Waals surface area contributed by atoms with Gasteiger partial charge in [-0.25, -0.2) is 0 Å². The Hall–Kier alpha value is -2.30. The third kappa shape index (κ3) is 3.61. The number of likely N-dealkylation sites (tertiary alicyclic amines) is 1. The van der Waals surface area contributed by atoms with Crippen molar-refractivity contribution in [2.75, 3.05) is 13.1 Å². The first-order valence-electron chi connectivity index (χ1n) is 8.65. The molecule has 0 unspecified atom stereocenters. The zero-order valence-electron chi connectivity index (χ0n) is 14.3. The molecule has 24 heavy (non-hydrogen) atoms. The number of aromatic nitrogens is 1. The summed E-state index contributed by atoms with van der Waals surface area (Å²) in [5.41, 5.74) is 2.11. The molecule has 0 aliphatic carbocycles. The highest BCUT2D eigenvalue weighted by atomic mass is 16.2. The van der Waals surface area contributed by atoms with Crippen LogP contribution in [0.1, 0.15) is 32.3 Å². The van der Waals surface area contributed by atoms with Crippen LogP contribution in [-0.4, -0.2) is 40.8 Å². The fourth-order valence-electron chi connectivity index (χ4n) is 3.42. The Labute approximate surface area is 142 Å². The number of rotatable bonds is 4. The number of para-hydroxylation sites is 1. The van der Waals surface area contributed by atoms with E-state index in [1.54, 1.807) is 0 Å². The van der Waals surface area contributed by atoms with Gasteiger partial charge in [0.2, 0.25) is 11.8 Å². The van der Waals surface area contributed by atoms with Gasteiger partial charge in [0.15, 0.2) is 0 Å². The SMILES string of the molecule is CC(=O)N[C@H](Cc1c[nH]c2ccccc12)C(=O)N1CCC(C)CC1. The van der Waals surface area contributed by atoms with E-state index in [9.17, 15) is 9.59 Å². The first-order chi connectivity index (χ1) is 11.5. The lowest BCUT2D eigenvalue weighted by Crippen LogP contribution is -2.51. The van der Waals surface area contributed by atoms with E-state index in [2.05, 4.69) is 17.2 Å². The number of aromatic amines is 1. The summed E-state index contributed by atoms with van der Waals surface area (Å²) < 4.78 is 0. The maximum absolute atomic E-state index is 12.9. The van der Waals surface area contributed by atoms with Crippen LogP contribution in [0.4, 0.5) is 0 Å². The number of nitrogens with one attached hydrogen (secondary N) is 2. The van der Waals surface area contributed by atoms with Crippen molar-refractivity contribution >= 4 is 22.7 Å². The smallest absolute Gasteiger partial charge is 0.245 e. The number of carbonyl (C=O) groups excluding carboxylic acids is 2. The predicted molar refractivity (Wildman–Crippen MR) is 94.6 cm³/mol. The van der Waals surface area contributed by atoms with Crippen molar-refractivity contribution in [2.45, 2.75) is 39.2 Å². The maximum Gasteiger partial charge on any atom is 0.245 e. The minimum absolute atomic E-state index is 0.0300. The van der Waals surface area contributed by atoms with Crippen molar-refractivity contribution < 1.29 is 9.59 Å². The largest absolute Gasteiger partial charge is 0.361 e. The van der Waals surface area contributed by atoms with E-state index in [-0.39, 0.29) is 11.8 Å². The number of fused-ring (bicyclic) bond motifs is 1. The molecule has 0 radical (unpaired) electrons. The normalized spacial score (nSPS) is 17.0. The summed E-state index contributed by atoms with van der Waals surface area (Å²) in [7, 11) is 0. The van der Waals surface area contributed by atoms with E-state index in [1.807, 2.05) is 35.4 Å². The molecule has 1 aliphatic heterocycles. The number of benzene rings is 1. The van der Waals surface area contributed by atoms with Crippen LogP contribution in [0.15, 0.2) is 30.5 Å². The predicted octanol–water partition coefficient (Wildman–Crippen LogP) is 2.47. The van der Waals surface area contributed by atoms with Gasteiger partial charge in [0, 0.05) is 43.5 Å². The number of piperidine rings is 1. The Morgan fingerprint density at radius 2 is 2.00 bits per heavy atom. The van der Waals surface area contributed by atoms with Gasteiger partial charge in [0.05, 0.1) is 0 Å². The fourth-order valence-corrected chi connectivity index (χ4v) is 3.42. The summed E-state index contributed by atoms with van der Waals surface area (Å²) in [4.78, 5) is 29.6. The Kier molecular flexibility index (Phi) is 4.88. The van der Waals surface area contributed by atoms with E-state index >= 15 is 0 Å². The average Bonchev–Trinajstić information content (AvgIpc) is 2.97. The second-order valence-corrected chi connectivity index (χ2v) is 6.82. The van der Waals surface area contributed by atoms with E-state index in [1.165, 1.54) is 6.92 Å². The van der Waals surface area contributed by atoms with Gasteiger partial charge in [-0.05, 0) is 30.4 Å². The van der Waals surface area contributed by atoms with Crippen molar-refractivity contribution in [1.82, 2.24) is 15.2 Å². The average molecular weight is 327 g/mol. The minimum Gasteiger partial charge on any atom is -0.361 e. The zero-order valence-corrected chi connectivity index (χ0v) is 14.3. The van der Waals surface area contributed by atoms with Crippen LogP contribution in [0.5, 0.6) is 0 Å². The molecular weight excluding hydrogens is 302 g/mol. The topological polar surface area (TPSA) is 65.2 Å². The molecule has 2 amide bonds. The van der Waals surface area contributed by atoms with Crippen LogP contribution in [0.2, 0.25) is 0 Å². The highest BCUT2D eigenvalue weighted by Gasteiger charge is 2.28. The van der Waals surface area contributed by atoms with Crippen LogP contribution < -0.4 is 5.32 Å². The molecule has 3 rings (SSSR count). The van der Waals surface area contributed by atoms with E-state index in [4.69, 9.17) is 0 Å². The molecular formula is C19H25N3O2. The Bertz CT molecular complexity index is 729. The quantitative estimate of drug-likeness (QED) is 0.906. The molecule has 1 aromatic carbocycles. The summed E-state index contributed by atoms with van der Waals surface area (Å²) >= 11 is 0. The molecule has 2 heterocycles. The first kappa shape index (κ1) is 16.6. The highest BCUT2D eigenvalue weighted by molar-refractivity contribution is 5.89. The Morgan fingerprint density at radius 3 is 2.71 bits per heavy atom. The fraction of sp³-hybridized carbons (Fsp3) is 0.474. The number of hydrogen-bond acceptors (Lipinski definition) is 2. The standard InChI is InChI=1S/C19H25N3O2/c1-13-7-9-22(10-8-13)19(24)18(21-14(2)23)11-15-12-20-17-6-4-3-5-16(15)17/h3-6,12-13,18,20H,7-11H2,1-2H3,(H,21,23)/t18-/m1/s1. The van der Waals surface area contributed by atoms with Gasteiger partial charge in [-0.3, -0.25) is 9.59 Å². The second kappa shape index (κ2) is 7.07.